The highest BCUT2D eigenvalue weighted by Crippen LogP contribution is 2.21. The van der Waals surface area contributed by atoms with Gasteiger partial charge >= 0.3 is 0 Å². The summed E-state index contributed by atoms with van der Waals surface area (Å²) in [5.41, 5.74) is 2.55. The van der Waals surface area contributed by atoms with E-state index in [0.717, 1.165) is 24.0 Å². The Labute approximate surface area is 142 Å². The van der Waals surface area contributed by atoms with Crippen LogP contribution in [0.3, 0.4) is 0 Å². The Hall–Kier alpha value is -2.68. The van der Waals surface area contributed by atoms with Gasteiger partial charge in [0.15, 0.2) is 5.78 Å². The number of hydrogen-bond acceptors (Lipinski definition) is 2. The summed E-state index contributed by atoms with van der Waals surface area (Å²) in [6.45, 7) is 0.435. The number of nitrogens with zero attached hydrogens (tertiary/aromatic N) is 1. The van der Waals surface area contributed by atoms with Crippen LogP contribution >= 0.6 is 0 Å². The molecular formula is C21H21NO2. The van der Waals surface area contributed by atoms with Crippen molar-refractivity contribution in [3.8, 4) is 0 Å². The van der Waals surface area contributed by atoms with Crippen LogP contribution in [0.1, 0.15) is 30.4 Å². The number of benzene rings is 2. The molecule has 0 fully saturated rings. The van der Waals surface area contributed by atoms with Crippen molar-refractivity contribution in [2.24, 2.45) is 0 Å². The maximum atomic E-state index is 12.9. The predicted octanol–water partition coefficient (Wildman–Crippen LogP) is 3.89. The first kappa shape index (κ1) is 16.2. The fourth-order valence-corrected chi connectivity index (χ4v) is 2.94. The quantitative estimate of drug-likeness (QED) is 0.838. The zero-order valence-electron chi connectivity index (χ0n) is 13.7. The molecule has 0 aromatic heterocycles. The molecule has 3 nitrogen and oxygen atoms in total. The monoisotopic (exact) mass is 319 g/mol. The molecule has 0 unspecified atom stereocenters. The summed E-state index contributed by atoms with van der Waals surface area (Å²) in [4.78, 5) is 26.9. The van der Waals surface area contributed by atoms with E-state index in [-0.39, 0.29) is 11.7 Å². The van der Waals surface area contributed by atoms with Crippen molar-refractivity contribution >= 4 is 11.7 Å². The number of hydrogen-bond donors (Lipinski definition) is 0. The van der Waals surface area contributed by atoms with Crippen LogP contribution in [0.4, 0.5) is 0 Å². The maximum absolute atomic E-state index is 12.9. The fraction of sp³-hybridized carbons (Fsp3) is 0.238. The molecule has 122 valence electrons. The lowest BCUT2D eigenvalue weighted by Crippen LogP contribution is -2.35. The SMILES string of the molecule is O=C1CCCC=C1N(Cc1ccccc1)C(=O)Cc1ccccc1. The van der Waals surface area contributed by atoms with Gasteiger partial charge < -0.3 is 4.90 Å². The lowest BCUT2D eigenvalue weighted by Gasteiger charge is -2.27. The second kappa shape index (κ2) is 7.73. The Morgan fingerprint density at radius 2 is 1.54 bits per heavy atom. The predicted molar refractivity (Wildman–Crippen MR) is 94.1 cm³/mol. The van der Waals surface area contributed by atoms with Crippen LogP contribution in [0.5, 0.6) is 0 Å². The van der Waals surface area contributed by atoms with E-state index in [9.17, 15) is 9.59 Å². The van der Waals surface area contributed by atoms with Crippen LogP contribution in [0.25, 0.3) is 0 Å². The number of rotatable bonds is 5. The van der Waals surface area contributed by atoms with E-state index in [4.69, 9.17) is 0 Å². The molecular weight excluding hydrogens is 298 g/mol. The largest absolute Gasteiger partial charge is 0.305 e. The molecule has 0 saturated heterocycles. The van der Waals surface area contributed by atoms with Crippen molar-refractivity contribution in [3.63, 3.8) is 0 Å². The van der Waals surface area contributed by atoms with Gasteiger partial charge in [0.2, 0.25) is 5.91 Å². The molecule has 0 spiro atoms. The Morgan fingerprint density at radius 1 is 0.917 bits per heavy atom. The summed E-state index contributed by atoms with van der Waals surface area (Å²) in [5, 5.41) is 0. The lowest BCUT2D eigenvalue weighted by molar-refractivity contribution is -0.132. The molecule has 1 amide bonds. The topological polar surface area (TPSA) is 37.4 Å². The second-order valence-electron chi connectivity index (χ2n) is 6.03. The summed E-state index contributed by atoms with van der Waals surface area (Å²) < 4.78 is 0. The van der Waals surface area contributed by atoms with Crippen LogP contribution in [-0.2, 0) is 22.6 Å². The molecule has 0 bridgehead atoms. The summed E-state index contributed by atoms with van der Waals surface area (Å²) in [6.07, 6.45) is 4.46. The number of carbonyl (C=O) groups is 2. The highest BCUT2D eigenvalue weighted by atomic mass is 16.2. The van der Waals surface area contributed by atoms with Gasteiger partial charge in [0, 0.05) is 6.42 Å². The Balaban J connectivity index is 1.85. The van der Waals surface area contributed by atoms with E-state index in [1.165, 1.54) is 0 Å². The van der Waals surface area contributed by atoms with Crippen molar-refractivity contribution in [1.29, 1.82) is 0 Å². The summed E-state index contributed by atoms with van der Waals surface area (Å²) in [5.74, 6) is 0.0325. The molecule has 2 aromatic rings. The number of carbonyl (C=O) groups excluding carboxylic acids is 2. The smallest absolute Gasteiger partial charge is 0.231 e. The van der Waals surface area contributed by atoms with E-state index in [2.05, 4.69) is 0 Å². The van der Waals surface area contributed by atoms with Gasteiger partial charge in [-0.25, -0.2) is 0 Å². The van der Waals surface area contributed by atoms with Gasteiger partial charge in [-0.15, -0.1) is 0 Å². The van der Waals surface area contributed by atoms with Crippen molar-refractivity contribution in [1.82, 2.24) is 4.90 Å². The van der Waals surface area contributed by atoms with Crippen LogP contribution in [0.15, 0.2) is 72.4 Å². The van der Waals surface area contributed by atoms with Crippen molar-refractivity contribution in [2.75, 3.05) is 0 Å². The molecule has 0 atom stereocenters. The number of allylic oxidation sites excluding steroid dienone is 2. The van der Waals surface area contributed by atoms with Crippen LogP contribution in [0, 0.1) is 0 Å². The Morgan fingerprint density at radius 3 is 2.17 bits per heavy atom. The first-order chi connectivity index (χ1) is 11.7. The molecule has 3 rings (SSSR count). The molecule has 2 aromatic carbocycles. The molecule has 0 aliphatic heterocycles. The van der Waals surface area contributed by atoms with E-state index >= 15 is 0 Å². The summed E-state index contributed by atoms with van der Waals surface area (Å²) in [6, 6.07) is 19.5. The van der Waals surface area contributed by atoms with E-state index in [1.807, 2.05) is 66.7 Å². The molecule has 3 heteroatoms. The average molecular weight is 319 g/mol. The second-order valence-corrected chi connectivity index (χ2v) is 6.03. The van der Waals surface area contributed by atoms with Gasteiger partial charge in [0.25, 0.3) is 0 Å². The third-order valence-electron chi connectivity index (χ3n) is 4.20. The highest BCUT2D eigenvalue weighted by Gasteiger charge is 2.25. The Kier molecular flexibility index (Phi) is 5.22. The third-order valence-corrected chi connectivity index (χ3v) is 4.20. The van der Waals surface area contributed by atoms with Crippen molar-refractivity contribution < 1.29 is 9.59 Å². The average Bonchev–Trinajstić information content (AvgIpc) is 2.62. The molecule has 0 radical (unpaired) electrons. The maximum Gasteiger partial charge on any atom is 0.231 e. The fourth-order valence-electron chi connectivity index (χ4n) is 2.94. The molecule has 0 saturated carbocycles. The van der Waals surface area contributed by atoms with E-state index in [0.29, 0.717) is 25.1 Å². The van der Waals surface area contributed by atoms with Crippen LogP contribution in [-0.4, -0.2) is 16.6 Å². The van der Waals surface area contributed by atoms with Gasteiger partial charge in [-0.2, -0.15) is 0 Å². The minimum Gasteiger partial charge on any atom is -0.305 e. The summed E-state index contributed by atoms with van der Waals surface area (Å²) >= 11 is 0. The van der Waals surface area contributed by atoms with Gasteiger partial charge in [0.05, 0.1) is 18.7 Å². The first-order valence-electron chi connectivity index (χ1n) is 8.35. The molecule has 0 N–H and O–H groups in total. The molecule has 1 aliphatic rings. The van der Waals surface area contributed by atoms with E-state index in [1.54, 1.807) is 4.90 Å². The minimum atomic E-state index is -0.0356. The van der Waals surface area contributed by atoms with Crippen LogP contribution < -0.4 is 0 Å². The third kappa shape index (κ3) is 3.99. The van der Waals surface area contributed by atoms with Crippen molar-refractivity contribution in [2.45, 2.75) is 32.2 Å². The number of ketones is 1. The summed E-state index contributed by atoms with van der Waals surface area (Å²) in [7, 11) is 0. The Bertz CT molecular complexity index is 735. The van der Waals surface area contributed by atoms with Gasteiger partial charge in [-0.3, -0.25) is 9.59 Å². The van der Waals surface area contributed by atoms with Crippen molar-refractivity contribution in [3.05, 3.63) is 83.6 Å². The zero-order valence-corrected chi connectivity index (χ0v) is 13.7. The molecule has 1 aliphatic carbocycles. The molecule has 24 heavy (non-hydrogen) atoms. The van der Waals surface area contributed by atoms with Gasteiger partial charge in [-0.05, 0) is 24.0 Å². The number of Topliss-reactive ketones (excluding diaryl/α,β-unsaturated/α-hetero) is 1. The van der Waals surface area contributed by atoms with Crippen LogP contribution in [0.2, 0.25) is 0 Å². The van der Waals surface area contributed by atoms with Gasteiger partial charge in [0.1, 0.15) is 0 Å². The minimum absolute atomic E-state index is 0.0356. The zero-order chi connectivity index (χ0) is 16.8. The van der Waals surface area contributed by atoms with E-state index < -0.39 is 0 Å². The first-order valence-corrected chi connectivity index (χ1v) is 8.35. The number of amides is 1. The molecule has 0 heterocycles. The normalized spacial score (nSPS) is 14.2. The van der Waals surface area contributed by atoms with Gasteiger partial charge in [-0.1, -0.05) is 66.7 Å². The standard InChI is InChI=1S/C21H21NO2/c23-20-14-8-7-13-19(20)22(16-18-11-5-2-6-12-18)21(24)15-17-9-3-1-4-10-17/h1-6,9-13H,7-8,14-16H2. The lowest BCUT2D eigenvalue weighted by atomic mass is 10.0. The highest BCUT2D eigenvalue weighted by molar-refractivity contribution is 5.99.